The number of hydrogen-bond acceptors (Lipinski definition) is 3. The lowest BCUT2D eigenvalue weighted by Gasteiger charge is -2.36. The highest BCUT2D eigenvalue weighted by Crippen LogP contribution is 2.43. The fraction of sp³-hybridized carbons (Fsp3) is 0.444. The van der Waals surface area contributed by atoms with Crippen LogP contribution in [0, 0.1) is 0 Å². The van der Waals surface area contributed by atoms with E-state index in [1.807, 2.05) is 12.4 Å². The zero-order chi connectivity index (χ0) is 14.5. The Bertz CT molecular complexity index is 557. The van der Waals surface area contributed by atoms with Gasteiger partial charge in [-0.2, -0.15) is 0 Å². The minimum absolute atomic E-state index is 0.000749. The molecule has 0 aliphatic heterocycles. The minimum Gasteiger partial charge on any atom is -0.330 e. The van der Waals surface area contributed by atoms with Crippen LogP contribution in [-0.4, -0.2) is 16.5 Å². The number of benzene rings is 1. The standard InChI is InChI=1S/C18H23N3/c19-12-9-15-13-20-17(21-14-15)18(10-5-2-6-11-18)16-7-3-1-4-8-16/h1,3-4,7-8,13-14H,2,5-6,9-12,19H2. The quantitative estimate of drug-likeness (QED) is 0.936. The Morgan fingerprint density at radius 1 is 0.952 bits per heavy atom. The maximum Gasteiger partial charge on any atom is 0.138 e. The molecule has 0 spiro atoms. The maximum atomic E-state index is 5.60. The van der Waals surface area contributed by atoms with Gasteiger partial charge in [-0.15, -0.1) is 0 Å². The van der Waals surface area contributed by atoms with Gasteiger partial charge in [-0.25, -0.2) is 9.97 Å². The zero-order valence-electron chi connectivity index (χ0n) is 12.5. The Hall–Kier alpha value is -1.74. The fourth-order valence-electron chi connectivity index (χ4n) is 3.45. The number of rotatable bonds is 4. The molecule has 1 saturated carbocycles. The summed E-state index contributed by atoms with van der Waals surface area (Å²) in [6, 6.07) is 10.8. The molecule has 3 rings (SSSR count). The Labute approximate surface area is 126 Å². The third-order valence-electron chi connectivity index (χ3n) is 4.60. The average molecular weight is 281 g/mol. The molecule has 110 valence electrons. The average Bonchev–Trinajstić information content (AvgIpc) is 2.57. The van der Waals surface area contributed by atoms with Gasteiger partial charge in [0.2, 0.25) is 0 Å². The van der Waals surface area contributed by atoms with Crippen molar-refractivity contribution >= 4 is 0 Å². The molecule has 0 amide bonds. The van der Waals surface area contributed by atoms with Crippen LogP contribution < -0.4 is 5.73 Å². The van der Waals surface area contributed by atoms with Crippen molar-refractivity contribution in [2.75, 3.05) is 6.54 Å². The third-order valence-corrected chi connectivity index (χ3v) is 4.60. The molecule has 2 N–H and O–H groups in total. The first-order valence-electron chi connectivity index (χ1n) is 7.92. The molecule has 0 atom stereocenters. The van der Waals surface area contributed by atoms with Crippen LogP contribution in [0.3, 0.4) is 0 Å². The molecule has 0 radical (unpaired) electrons. The summed E-state index contributed by atoms with van der Waals surface area (Å²) in [7, 11) is 0. The normalized spacial score (nSPS) is 17.6. The van der Waals surface area contributed by atoms with Gasteiger partial charge in [-0.05, 0) is 36.9 Å². The molecule has 1 aliphatic rings. The van der Waals surface area contributed by atoms with E-state index in [4.69, 9.17) is 15.7 Å². The van der Waals surface area contributed by atoms with Gasteiger partial charge in [0.15, 0.2) is 0 Å². The van der Waals surface area contributed by atoms with E-state index in [0.29, 0.717) is 6.54 Å². The molecule has 1 aromatic heterocycles. The van der Waals surface area contributed by atoms with E-state index in [1.54, 1.807) is 0 Å². The van der Waals surface area contributed by atoms with Crippen molar-refractivity contribution in [1.82, 2.24) is 9.97 Å². The highest BCUT2D eigenvalue weighted by Gasteiger charge is 2.38. The highest BCUT2D eigenvalue weighted by atomic mass is 14.9. The molecule has 2 aromatic rings. The van der Waals surface area contributed by atoms with Crippen LogP contribution in [0.4, 0.5) is 0 Å². The lowest BCUT2D eigenvalue weighted by atomic mass is 9.69. The lowest BCUT2D eigenvalue weighted by molar-refractivity contribution is 0.330. The van der Waals surface area contributed by atoms with Gasteiger partial charge in [-0.3, -0.25) is 0 Å². The van der Waals surface area contributed by atoms with Gasteiger partial charge in [0.25, 0.3) is 0 Å². The molecule has 1 aromatic carbocycles. The second-order valence-corrected chi connectivity index (χ2v) is 5.96. The summed E-state index contributed by atoms with van der Waals surface area (Å²) in [4.78, 5) is 9.41. The number of nitrogens with zero attached hydrogens (tertiary/aromatic N) is 2. The predicted octanol–water partition coefficient (Wildman–Crippen LogP) is 3.23. The largest absolute Gasteiger partial charge is 0.330 e. The third kappa shape index (κ3) is 2.84. The van der Waals surface area contributed by atoms with E-state index >= 15 is 0 Å². The first kappa shape index (κ1) is 14.2. The number of hydrogen-bond donors (Lipinski definition) is 1. The maximum absolute atomic E-state index is 5.60. The number of nitrogens with two attached hydrogens (primary N) is 1. The summed E-state index contributed by atoms with van der Waals surface area (Å²) in [6.45, 7) is 0.645. The van der Waals surface area contributed by atoms with Crippen LogP contribution in [0.1, 0.15) is 49.1 Å². The topological polar surface area (TPSA) is 51.8 Å². The van der Waals surface area contributed by atoms with Crippen molar-refractivity contribution in [2.45, 2.75) is 43.9 Å². The van der Waals surface area contributed by atoms with Gasteiger partial charge in [0, 0.05) is 12.4 Å². The predicted molar refractivity (Wildman–Crippen MR) is 85.1 cm³/mol. The summed E-state index contributed by atoms with van der Waals surface area (Å²) < 4.78 is 0. The summed E-state index contributed by atoms with van der Waals surface area (Å²) in [5, 5.41) is 0. The molecule has 3 nitrogen and oxygen atoms in total. The Kier molecular flexibility index (Phi) is 4.30. The van der Waals surface area contributed by atoms with Crippen LogP contribution in [0.25, 0.3) is 0 Å². The summed E-state index contributed by atoms with van der Waals surface area (Å²) in [6.07, 6.45) is 10.9. The van der Waals surface area contributed by atoms with Crippen LogP contribution in [-0.2, 0) is 11.8 Å². The van der Waals surface area contributed by atoms with Crippen molar-refractivity contribution in [1.29, 1.82) is 0 Å². The second-order valence-electron chi connectivity index (χ2n) is 5.96. The zero-order valence-corrected chi connectivity index (χ0v) is 12.5. The van der Waals surface area contributed by atoms with Gasteiger partial charge < -0.3 is 5.73 Å². The van der Waals surface area contributed by atoms with Crippen molar-refractivity contribution in [3.63, 3.8) is 0 Å². The molecule has 0 saturated heterocycles. The number of aromatic nitrogens is 2. The Morgan fingerprint density at radius 2 is 1.62 bits per heavy atom. The first-order chi connectivity index (χ1) is 10.3. The summed E-state index contributed by atoms with van der Waals surface area (Å²) in [5.41, 5.74) is 8.09. The molecular formula is C18H23N3. The van der Waals surface area contributed by atoms with Crippen molar-refractivity contribution < 1.29 is 0 Å². The van der Waals surface area contributed by atoms with E-state index in [-0.39, 0.29) is 5.41 Å². The van der Waals surface area contributed by atoms with Crippen LogP contribution in [0.15, 0.2) is 42.7 Å². The molecule has 1 heterocycles. The smallest absolute Gasteiger partial charge is 0.138 e. The summed E-state index contributed by atoms with van der Waals surface area (Å²) >= 11 is 0. The molecule has 1 fully saturated rings. The highest BCUT2D eigenvalue weighted by molar-refractivity contribution is 5.33. The van der Waals surface area contributed by atoms with E-state index < -0.39 is 0 Å². The Morgan fingerprint density at radius 3 is 2.24 bits per heavy atom. The van der Waals surface area contributed by atoms with Crippen LogP contribution >= 0.6 is 0 Å². The fourth-order valence-corrected chi connectivity index (χ4v) is 3.45. The van der Waals surface area contributed by atoms with Gasteiger partial charge in [0.1, 0.15) is 5.82 Å². The van der Waals surface area contributed by atoms with E-state index in [0.717, 1.165) is 30.7 Å². The van der Waals surface area contributed by atoms with Gasteiger partial charge >= 0.3 is 0 Å². The molecule has 21 heavy (non-hydrogen) atoms. The second kappa shape index (κ2) is 6.35. The van der Waals surface area contributed by atoms with E-state index in [2.05, 4.69) is 30.3 Å². The molecule has 3 heteroatoms. The van der Waals surface area contributed by atoms with Crippen LogP contribution in [0.2, 0.25) is 0 Å². The monoisotopic (exact) mass is 281 g/mol. The van der Waals surface area contributed by atoms with Crippen molar-refractivity contribution in [2.24, 2.45) is 5.73 Å². The van der Waals surface area contributed by atoms with E-state index in [1.165, 1.54) is 24.8 Å². The first-order valence-corrected chi connectivity index (χ1v) is 7.92. The SMILES string of the molecule is NCCc1cnc(C2(c3ccccc3)CCCCC2)nc1. The van der Waals surface area contributed by atoms with Crippen molar-refractivity contribution in [3.05, 3.63) is 59.7 Å². The molecule has 0 bridgehead atoms. The van der Waals surface area contributed by atoms with Gasteiger partial charge in [-0.1, -0.05) is 49.6 Å². The molecule has 0 unspecified atom stereocenters. The molecule has 1 aliphatic carbocycles. The van der Waals surface area contributed by atoms with Gasteiger partial charge in [0.05, 0.1) is 5.41 Å². The Balaban J connectivity index is 1.99. The molecular weight excluding hydrogens is 258 g/mol. The van der Waals surface area contributed by atoms with Crippen molar-refractivity contribution in [3.8, 4) is 0 Å². The lowest BCUT2D eigenvalue weighted by Crippen LogP contribution is -2.32. The van der Waals surface area contributed by atoms with E-state index in [9.17, 15) is 0 Å². The van der Waals surface area contributed by atoms with Crippen LogP contribution in [0.5, 0.6) is 0 Å². The summed E-state index contributed by atoms with van der Waals surface area (Å²) in [5.74, 6) is 0.981. The minimum atomic E-state index is 0.000749.